The number of aromatic amines is 2. The fraction of sp³-hybridized carbons (Fsp3) is 0. The molecule has 0 atom stereocenters. The topological polar surface area (TPSA) is 118 Å². The Bertz CT molecular complexity index is 269. The van der Waals surface area contributed by atoms with E-state index in [0.717, 1.165) is 0 Å². The molecule has 2 aromatic rings. The maximum atomic E-state index is 4.83. The van der Waals surface area contributed by atoms with Gasteiger partial charge in [-0.05, 0) is 10.4 Å². The van der Waals surface area contributed by atoms with Crippen molar-refractivity contribution in [2.75, 3.05) is 0 Å². The van der Waals surface area contributed by atoms with Crippen LogP contribution in [0.15, 0.2) is 0 Å². The van der Waals surface area contributed by atoms with Crippen molar-refractivity contribution in [3.63, 3.8) is 0 Å². The van der Waals surface area contributed by atoms with Crippen LogP contribution in [0.4, 0.5) is 0 Å². The van der Waals surface area contributed by atoms with Gasteiger partial charge in [0.05, 0.1) is 0 Å². The van der Waals surface area contributed by atoms with E-state index in [-0.39, 0.29) is 33.7 Å². The van der Waals surface area contributed by atoms with Crippen LogP contribution in [-0.4, -0.2) is 41.2 Å². The van der Waals surface area contributed by atoms with Crippen molar-refractivity contribution in [2.45, 2.75) is 0 Å². The number of nitrogens with zero attached hydrogens (tertiary/aromatic N) is 6. The van der Waals surface area contributed by atoms with Gasteiger partial charge in [0.2, 0.25) is 0 Å². The summed E-state index contributed by atoms with van der Waals surface area (Å²) in [4.78, 5) is 0. The number of hydrogen-bond acceptors (Lipinski definition) is 7. The molecule has 12 heavy (non-hydrogen) atoms. The third-order valence-corrected chi connectivity index (χ3v) is 0.834. The molecule has 0 radical (unpaired) electrons. The van der Waals surface area contributed by atoms with Gasteiger partial charge in [-0.3, -0.25) is 0 Å². The third-order valence-electron chi connectivity index (χ3n) is 0.834. The van der Waals surface area contributed by atoms with Gasteiger partial charge in [-0.15, -0.1) is 0 Å². The van der Waals surface area contributed by atoms with Crippen LogP contribution in [-0.2, 0) is 21.7 Å². The van der Waals surface area contributed by atoms with Crippen LogP contribution in [0.5, 0.6) is 12.0 Å². The van der Waals surface area contributed by atoms with Crippen LogP contribution in [0.25, 0.3) is 0 Å². The molecule has 9 nitrogen and oxygen atoms in total. The molecule has 0 aromatic carbocycles. The Morgan fingerprint density at radius 2 is 1.42 bits per heavy atom. The SMILES string of the molecule is [Ti].n1nc(Oc2nn[nH]n2)n[nH]1. The van der Waals surface area contributed by atoms with E-state index < -0.39 is 0 Å². The van der Waals surface area contributed by atoms with Gasteiger partial charge in [0, 0.05) is 21.7 Å². The molecule has 60 valence electrons. The largest absolute Gasteiger partial charge is 0.384 e. The molecule has 0 aliphatic carbocycles. The van der Waals surface area contributed by atoms with Gasteiger partial charge in [0.15, 0.2) is 0 Å². The van der Waals surface area contributed by atoms with Crippen LogP contribution >= 0.6 is 0 Å². The number of tetrazole rings is 2. The van der Waals surface area contributed by atoms with Crippen LogP contribution in [0.2, 0.25) is 0 Å². The minimum Gasteiger partial charge on any atom is -0.384 e. The maximum absolute atomic E-state index is 4.83. The second-order valence-corrected chi connectivity index (χ2v) is 1.49. The Kier molecular flexibility index (Phi) is 2.83. The smallest absolute Gasteiger partial charge is 0.363 e. The Labute approximate surface area is 80.2 Å². The molecule has 0 aliphatic heterocycles. The molecule has 0 unspecified atom stereocenters. The molecule has 2 heterocycles. The predicted molar refractivity (Wildman–Crippen MR) is 28.4 cm³/mol. The summed E-state index contributed by atoms with van der Waals surface area (Å²) < 4.78 is 4.83. The first kappa shape index (κ1) is 8.75. The van der Waals surface area contributed by atoms with Crippen LogP contribution in [0.3, 0.4) is 0 Å². The molecule has 0 bridgehead atoms. The molecule has 0 saturated heterocycles. The van der Waals surface area contributed by atoms with Crippen molar-refractivity contribution in [2.24, 2.45) is 0 Å². The van der Waals surface area contributed by atoms with E-state index in [4.69, 9.17) is 4.74 Å². The van der Waals surface area contributed by atoms with Gasteiger partial charge in [0.25, 0.3) is 0 Å². The summed E-state index contributed by atoms with van der Waals surface area (Å²) in [6, 6.07) is 0.0952. The van der Waals surface area contributed by atoms with Crippen molar-refractivity contribution in [3.8, 4) is 12.0 Å². The molecule has 2 N–H and O–H groups in total. The summed E-state index contributed by atoms with van der Waals surface area (Å²) in [5.74, 6) is 0. The average molecular weight is 202 g/mol. The van der Waals surface area contributed by atoms with Gasteiger partial charge in [-0.1, -0.05) is 20.4 Å². The zero-order valence-corrected chi connectivity index (χ0v) is 7.15. The Morgan fingerprint density at radius 1 is 0.917 bits per heavy atom. The number of H-pyrrole nitrogens is 2. The van der Waals surface area contributed by atoms with Crippen molar-refractivity contribution in [1.29, 1.82) is 0 Å². The maximum Gasteiger partial charge on any atom is 0.363 e. The minimum absolute atomic E-state index is 0. The second kappa shape index (κ2) is 3.88. The van der Waals surface area contributed by atoms with Crippen molar-refractivity contribution >= 4 is 0 Å². The summed E-state index contributed by atoms with van der Waals surface area (Å²) in [6.45, 7) is 0. The predicted octanol–water partition coefficient (Wildman–Crippen LogP) is -1.50. The van der Waals surface area contributed by atoms with E-state index in [9.17, 15) is 0 Å². The fourth-order valence-electron chi connectivity index (χ4n) is 0.473. The van der Waals surface area contributed by atoms with Crippen LogP contribution in [0.1, 0.15) is 0 Å². The van der Waals surface area contributed by atoms with Crippen molar-refractivity contribution in [1.82, 2.24) is 41.2 Å². The number of hydrogen-bond donors (Lipinski definition) is 2. The number of aromatic nitrogens is 8. The zero-order valence-electron chi connectivity index (χ0n) is 5.59. The monoisotopic (exact) mass is 202 g/mol. The molecule has 2 aromatic heterocycles. The van der Waals surface area contributed by atoms with E-state index in [1.165, 1.54) is 0 Å². The van der Waals surface area contributed by atoms with E-state index in [0.29, 0.717) is 0 Å². The summed E-state index contributed by atoms with van der Waals surface area (Å²) in [7, 11) is 0. The van der Waals surface area contributed by atoms with E-state index in [1.807, 2.05) is 0 Å². The minimum atomic E-state index is 0. The Morgan fingerprint density at radius 3 is 1.75 bits per heavy atom. The van der Waals surface area contributed by atoms with Gasteiger partial charge in [-0.2, -0.15) is 10.4 Å². The fourth-order valence-corrected chi connectivity index (χ4v) is 0.473. The summed E-state index contributed by atoms with van der Waals surface area (Å²) in [5, 5.41) is 24.9. The van der Waals surface area contributed by atoms with Crippen molar-refractivity contribution in [3.05, 3.63) is 0 Å². The quantitative estimate of drug-likeness (QED) is 0.568. The van der Waals surface area contributed by atoms with Crippen LogP contribution in [0, 0.1) is 0 Å². The number of ether oxygens (including phenoxy) is 1. The molecule has 0 aliphatic rings. The molecule has 0 spiro atoms. The van der Waals surface area contributed by atoms with Gasteiger partial charge >= 0.3 is 12.0 Å². The van der Waals surface area contributed by atoms with E-state index >= 15 is 0 Å². The Balaban J connectivity index is 0.000000720. The zero-order chi connectivity index (χ0) is 7.52. The third kappa shape index (κ3) is 1.83. The summed E-state index contributed by atoms with van der Waals surface area (Å²) in [5.41, 5.74) is 0. The summed E-state index contributed by atoms with van der Waals surface area (Å²) in [6.07, 6.45) is 0. The van der Waals surface area contributed by atoms with Gasteiger partial charge in [0.1, 0.15) is 0 Å². The number of nitrogens with one attached hydrogen (secondary N) is 2. The first-order chi connectivity index (χ1) is 5.45. The van der Waals surface area contributed by atoms with Crippen molar-refractivity contribution < 1.29 is 26.5 Å². The molecule has 0 saturated carbocycles. The van der Waals surface area contributed by atoms with E-state index in [1.54, 1.807) is 0 Å². The Hall–Kier alpha value is -1.35. The first-order valence-corrected chi connectivity index (χ1v) is 2.60. The normalized spacial score (nSPS) is 9.00. The molecule has 2 rings (SSSR count). The summed E-state index contributed by atoms with van der Waals surface area (Å²) >= 11 is 0. The van der Waals surface area contributed by atoms with Gasteiger partial charge < -0.3 is 4.74 Å². The van der Waals surface area contributed by atoms with E-state index in [2.05, 4.69) is 41.2 Å². The molecule has 0 amide bonds. The molecule has 10 heteroatoms. The molecular formula is C2H2N8OTi. The number of rotatable bonds is 2. The van der Waals surface area contributed by atoms with Gasteiger partial charge in [-0.25, -0.2) is 0 Å². The van der Waals surface area contributed by atoms with Crippen LogP contribution < -0.4 is 4.74 Å². The first-order valence-electron chi connectivity index (χ1n) is 2.60. The standard InChI is InChI=1S/C2H2N8O.Ti/c3-1(4-8-7-3)11-2-5-9-10-6-2;/h(H,3,4,7,8)(H,5,6,9,10);. The molecular weight excluding hydrogens is 200 g/mol. The second-order valence-electron chi connectivity index (χ2n) is 1.49. The average Bonchev–Trinajstić information content (AvgIpc) is 2.60. The molecule has 0 fully saturated rings.